The predicted molar refractivity (Wildman–Crippen MR) is 113 cm³/mol. The van der Waals surface area contributed by atoms with E-state index in [1.54, 1.807) is 0 Å². The molecule has 0 bridgehead atoms. The third-order valence-electron chi connectivity index (χ3n) is 5.70. The van der Waals surface area contributed by atoms with E-state index in [9.17, 15) is 36.3 Å². The van der Waals surface area contributed by atoms with Gasteiger partial charge in [-0.2, -0.15) is 22.0 Å². The first-order chi connectivity index (χ1) is 16.4. The quantitative estimate of drug-likeness (QED) is 0.370. The number of carbonyl (C=O) groups excluding carboxylic acids is 3. The van der Waals surface area contributed by atoms with Gasteiger partial charge in [-0.05, 0) is 30.9 Å². The number of amides is 3. The van der Waals surface area contributed by atoms with Gasteiger partial charge in [0, 0.05) is 24.8 Å². The van der Waals surface area contributed by atoms with Crippen molar-refractivity contribution in [3.05, 3.63) is 18.2 Å². The van der Waals surface area contributed by atoms with Gasteiger partial charge in [-0.1, -0.05) is 6.42 Å². The van der Waals surface area contributed by atoms with Crippen LogP contribution in [0.1, 0.15) is 19.3 Å². The predicted octanol–water partition coefficient (Wildman–Crippen LogP) is 2.11. The van der Waals surface area contributed by atoms with Gasteiger partial charge in [-0.3, -0.25) is 19.3 Å². The number of nitrogens with zero attached hydrogens (tertiary/aromatic N) is 2. The molecule has 1 heterocycles. The molecule has 14 heteroatoms. The number of ether oxygens (including phenoxy) is 2. The molecule has 1 atom stereocenters. The number of alkyl halides is 5. The number of anilines is 2. The van der Waals surface area contributed by atoms with Crippen LogP contribution in [0.3, 0.4) is 0 Å². The van der Waals surface area contributed by atoms with E-state index >= 15 is 0 Å². The summed E-state index contributed by atoms with van der Waals surface area (Å²) in [5.41, 5.74) is 5.14. The summed E-state index contributed by atoms with van der Waals surface area (Å²) in [7, 11) is 0. The molecule has 2 fully saturated rings. The SMILES string of the molecule is NC(=O)[C@@H](C(=O)Nc1ccc(N2CCOCC2=O)c(OC(F)F)c1)N(CC1CCC1)CC(F)(F)F. The van der Waals surface area contributed by atoms with Crippen LogP contribution < -0.4 is 20.7 Å². The minimum absolute atomic E-state index is 0.00766. The lowest BCUT2D eigenvalue weighted by atomic mass is 9.84. The molecule has 2 aliphatic rings. The lowest BCUT2D eigenvalue weighted by Gasteiger charge is -2.35. The van der Waals surface area contributed by atoms with Gasteiger partial charge in [0.1, 0.15) is 6.61 Å². The minimum Gasteiger partial charge on any atom is -0.433 e. The number of halogens is 5. The van der Waals surface area contributed by atoms with Crippen LogP contribution in [0.15, 0.2) is 18.2 Å². The highest BCUT2D eigenvalue weighted by Crippen LogP contribution is 2.34. The van der Waals surface area contributed by atoms with E-state index in [1.807, 2.05) is 0 Å². The van der Waals surface area contributed by atoms with Crippen molar-refractivity contribution in [1.82, 2.24) is 4.90 Å². The molecule has 194 valence electrons. The molecule has 1 aliphatic heterocycles. The highest BCUT2D eigenvalue weighted by molar-refractivity contribution is 6.09. The smallest absolute Gasteiger partial charge is 0.401 e. The number of morpholine rings is 1. The number of primary amides is 1. The highest BCUT2D eigenvalue weighted by Gasteiger charge is 2.41. The van der Waals surface area contributed by atoms with Crippen molar-refractivity contribution in [2.24, 2.45) is 11.7 Å². The summed E-state index contributed by atoms with van der Waals surface area (Å²) in [4.78, 5) is 38.8. The molecular weight excluding hydrogens is 483 g/mol. The molecule has 1 aromatic rings. The zero-order chi connectivity index (χ0) is 25.8. The summed E-state index contributed by atoms with van der Waals surface area (Å²) in [5, 5.41) is 2.25. The van der Waals surface area contributed by atoms with E-state index in [1.165, 1.54) is 17.0 Å². The monoisotopic (exact) mass is 508 g/mol. The number of benzene rings is 1. The lowest BCUT2D eigenvalue weighted by Crippen LogP contribution is -2.56. The second-order valence-corrected chi connectivity index (χ2v) is 8.29. The van der Waals surface area contributed by atoms with Crippen molar-refractivity contribution in [3.8, 4) is 5.75 Å². The van der Waals surface area contributed by atoms with Gasteiger partial charge < -0.3 is 25.4 Å². The fraction of sp³-hybridized carbons (Fsp3) is 0.571. The molecular formula is C21H25F5N4O5. The molecule has 1 saturated carbocycles. The van der Waals surface area contributed by atoms with Gasteiger partial charge in [0.05, 0.1) is 18.8 Å². The zero-order valence-corrected chi connectivity index (χ0v) is 18.5. The number of carbonyl (C=O) groups is 3. The van der Waals surface area contributed by atoms with Crippen molar-refractivity contribution >= 4 is 29.1 Å². The van der Waals surface area contributed by atoms with Gasteiger partial charge in [-0.25, -0.2) is 0 Å². The maximum Gasteiger partial charge on any atom is 0.401 e. The first-order valence-electron chi connectivity index (χ1n) is 10.8. The molecule has 9 nitrogen and oxygen atoms in total. The number of nitrogens with two attached hydrogens (primary N) is 1. The number of hydrogen-bond donors (Lipinski definition) is 2. The lowest BCUT2D eigenvalue weighted by molar-refractivity contribution is -0.159. The van der Waals surface area contributed by atoms with Gasteiger partial charge >= 0.3 is 12.8 Å². The van der Waals surface area contributed by atoms with E-state index in [0.717, 1.165) is 12.5 Å². The number of rotatable bonds is 10. The van der Waals surface area contributed by atoms with Crippen LogP contribution in [0.5, 0.6) is 5.75 Å². The molecule has 35 heavy (non-hydrogen) atoms. The van der Waals surface area contributed by atoms with Gasteiger partial charge in [0.2, 0.25) is 5.91 Å². The average Bonchev–Trinajstić information content (AvgIpc) is 2.70. The molecule has 3 N–H and O–H groups in total. The van der Waals surface area contributed by atoms with Crippen LogP contribution in [0.4, 0.5) is 33.3 Å². The molecule has 3 amide bonds. The van der Waals surface area contributed by atoms with Crippen molar-refractivity contribution in [2.75, 3.05) is 43.1 Å². The summed E-state index contributed by atoms with van der Waals surface area (Å²) in [6, 6.07) is 1.52. The molecule has 1 aliphatic carbocycles. The number of hydrogen-bond acceptors (Lipinski definition) is 6. The molecule has 0 radical (unpaired) electrons. The minimum atomic E-state index is -4.69. The largest absolute Gasteiger partial charge is 0.433 e. The Morgan fingerprint density at radius 1 is 1.29 bits per heavy atom. The van der Waals surface area contributed by atoms with E-state index in [-0.39, 0.29) is 43.6 Å². The third-order valence-corrected chi connectivity index (χ3v) is 5.70. The van der Waals surface area contributed by atoms with E-state index in [4.69, 9.17) is 10.5 Å². The van der Waals surface area contributed by atoms with Crippen molar-refractivity contribution in [2.45, 2.75) is 38.1 Å². The second kappa shape index (κ2) is 11.2. The summed E-state index contributed by atoms with van der Waals surface area (Å²) in [5.74, 6) is -3.50. The van der Waals surface area contributed by atoms with Crippen LogP contribution in [0.2, 0.25) is 0 Å². The summed E-state index contributed by atoms with van der Waals surface area (Å²) < 4.78 is 75.0. The molecule has 0 unspecified atom stereocenters. The Morgan fingerprint density at radius 3 is 2.54 bits per heavy atom. The topological polar surface area (TPSA) is 114 Å². The molecule has 1 saturated heterocycles. The van der Waals surface area contributed by atoms with Gasteiger partial charge in [-0.15, -0.1) is 0 Å². The Hall–Kier alpha value is -3.00. The fourth-order valence-corrected chi connectivity index (χ4v) is 3.96. The first-order valence-corrected chi connectivity index (χ1v) is 10.8. The van der Waals surface area contributed by atoms with Gasteiger partial charge in [0.15, 0.2) is 11.8 Å². The van der Waals surface area contributed by atoms with Gasteiger partial charge in [0.25, 0.3) is 11.8 Å². The van der Waals surface area contributed by atoms with E-state index in [2.05, 4.69) is 10.1 Å². The molecule has 0 aromatic heterocycles. The maximum absolute atomic E-state index is 13.2. The standard InChI is InChI=1S/C21H25F5N4O5/c22-20(23)35-15-8-13(4-5-14(15)30-6-7-34-10-16(30)31)28-19(33)17(18(27)32)29(11-21(24,25)26)9-12-2-1-3-12/h4-5,8,12,17,20H,1-3,6-7,9-11H2,(H2,27,32)(H,28,33)/t17-/m0/s1. The Morgan fingerprint density at radius 2 is 2.00 bits per heavy atom. The molecule has 3 rings (SSSR count). The zero-order valence-electron chi connectivity index (χ0n) is 18.5. The average molecular weight is 508 g/mol. The van der Waals surface area contributed by atoms with Crippen LogP contribution in [-0.2, 0) is 19.1 Å². The van der Waals surface area contributed by atoms with Crippen molar-refractivity contribution in [1.29, 1.82) is 0 Å². The fourth-order valence-electron chi connectivity index (χ4n) is 3.96. The van der Waals surface area contributed by atoms with E-state index in [0.29, 0.717) is 17.7 Å². The number of nitrogens with one attached hydrogen (secondary N) is 1. The summed E-state index contributed by atoms with van der Waals surface area (Å²) >= 11 is 0. The van der Waals surface area contributed by atoms with Crippen LogP contribution >= 0.6 is 0 Å². The highest BCUT2D eigenvalue weighted by atomic mass is 19.4. The Balaban J connectivity index is 1.84. The summed E-state index contributed by atoms with van der Waals surface area (Å²) in [6.07, 6.45) is -2.53. The normalized spacial score (nSPS) is 17.9. The Bertz CT molecular complexity index is 941. The molecule has 0 spiro atoms. The Labute approximate surface area is 197 Å². The van der Waals surface area contributed by atoms with Crippen LogP contribution in [-0.4, -0.2) is 74.3 Å². The first kappa shape index (κ1) is 26.6. The van der Waals surface area contributed by atoms with Crippen molar-refractivity contribution in [3.63, 3.8) is 0 Å². The van der Waals surface area contributed by atoms with E-state index < -0.39 is 48.8 Å². The third kappa shape index (κ3) is 7.24. The summed E-state index contributed by atoms with van der Waals surface area (Å²) in [6.45, 7) is -4.97. The molecule has 1 aromatic carbocycles. The maximum atomic E-state index is 13.2. The van der Waals surface area contributed by atoms with Crippen LogP contribution in [0, 0.1) is 5.92 Å². The van der Waals surface area contributed by atoms with Crippen LogP contribution in [0.25, 0.3) is 0 Å². The Kier molecular flexibility index (Phi) is 8.48. The second-order valence-electron chi connectivity index (χ2n) is 8.29. The van der Waals surface area contributed by atoms with Crippen molar-refractivity contribution < 1.29 is 45.8 Å².